The number of nitrogens with zero attached hydrogens (tertiary/aromatic N) is 1. The first kappa shape index (κ1) is 20.0. The summed E-state index contributed by atoms with van der Waals surface area (Å²) in [6, 6.07) is 3.84. The smallest absolute Gasteiger partial charge is 0.291 e. The van der Waals surface area contributed by atoms with Gasteiger partial charge in [-0.1, -0.05) is 19.9 Å². The molecular formula is C22H30N3O4+. The lowest BCUT2D eigenvalue weighted by Crippen LogP contribution is -2.99. The van der Waals surface area contributed by atoms with Crippen molar-refractivity contribution >= 4 is 23.4 Å². The average Bonchev–Trinajstić information content (AvgIpc) is 3.22. The van der Waals surface area contributed by atoms with E-state index in [1.165, 1.54) is 4.90 Å². The predicted molar refractivity (Wildman–Crippen MR) is 107 cm³/mol. The Hall–Kier alpha value is -2.25. The minimum Gasteiger partial charge on any atom is -0.383 e. The molecule has 0 saturated carbocycles. The number of nitrogens with two attached hydrogens (primary N) is 1. The molecule has 2 saturated heterocycles. The van der Waals surface area contributed by atoms with Gasteiger partial charge in [-0.2, -0.15) is 0 Å². The van der Waals surface area contributed by atoms with Crippen LogP contribution in [0.5, 0.6) is 0 Å². The van der Waals surface area contributed by atoms with E-state index in [1.54, 1.807) is 7.11 Å². The third kappa shape index (κ3) is 2.67. The SMILES string of the molecule is COCCN1C(=O)[C@H]2[C@@H](C1=O)[C@]1([NH2+][C@@H]2CC(C)C)C(=O)Nc2c1ccc(C)c2C. The standard InChI is InChI=1S/C22H29N3O4/c1-11(2)10-15-16-17(20(27)25(19(16)26)8-9-29-5)22(24-15)14-7-6-12(3)13(4)18(14)23-21(22)28/h6-7,11,15-17,24H,8-10H2,1-5H3,(H,23,28)/p+1/t15-,16-,17+,22+/m1/s1. The Balaban J connectivity index is 1.85. The number of nitrogens with one attached hydrogen (secondary N) is 1. The van der Waals surface area contributed by atoms with E-state index in [-0.39, 0.29) is 30.3 Å². The molecule has 0 unspecified atom stereocenters. The number of amides is 3. The van der Waals surface area contributed by atoms with Gasteiger partial charge in [-0.05, 0) is 37.0 Å². The Morgan fingerprint density at radius 3 is 2.59 bits per heavy atom. The third-order valence-electron chi connectivity index (χ3n) is 6.93. The molecule has 2 fully saturated rings. The molecule has 1 spiro atoms. The predicted octanol–water partition coefficient (Wildman–Crippen LogP) is 0.690. The van der Waals surface area contributed by atoms with E-state index in [2.05, 4.69) is 19.2 Å². The fourth-order valence-electron chi connectivity index (χ4n) is 5.50. The molecule has 0 bridgehead atoms. The summed E-state index contributed by atoms with van der Waals surface area (Å²) in [5.74, 6) is -1.41. The van der Waals surface area contributed by atoms with Gasteiger partial charge in [-0.15, -0.1) is 0 Å². The van der Waals surface area contributed by atoms with E-state index in [0.717, 1.165) is 28.8 Å². The van der Waals surface area contributed by atoms with E-state index in [4.69, 9.17) is 4.74 Å². The highest BCUT2D eigenvalue weighted by Crippen LogP contribution is 2.50. The number of quaternary nitrogens is 1. The topological polar surface area (TPSA) is 92.3 Å². The lowest BCUT2D eigenvalue weighted by atomic mass is 9.75. The number of ether oxygens (including phenoxy) is 1. The zero-order chi connectivity index (χ0) is 21.1. The van der Waals surface area contributed by atoms with Crippen molar-refractivity contribution in [2.24, 2.45) is 17.8 Å². The number of imide groups is 1. The molecular weight excluding hydrogens is 370 g/mol. The monoisotopic (exact) mass is 400 g/mol. The minimum atomic E-state index is -1.08. The summed E-state index contributed by atoms with van der Waals surface area (Å²) in [6.45, 7) is 8.72. The van der Waals surface area contributed by atoms with Crippen LogP contribution >= 0.6 is 0 Å². The Labute approximate surface area is 171 Å². The second-order valence-electron chi connectivity index (χ2n) is 9.04. The number of benzene rings is 1. The van der Waals surface area contributed by atoms with Crippen molar-refractivity contribution in [2.45, 2.75) is 45.7 Å². The van der Waals surface area contributed by atoms with Crippen molar-refractivity contribution in [2.75, 3.05) is 25.6 Å². The van der Waals surface area contributed by atoms with Crippen molar-refractivity contribution in [1.82, 2.24) is 4.90 Å². The maximum atomic E-state index is 13.5. The number of carbonyl (C=O) groups excluding carboxylic acids is 3. The molecule has 3 N–H and O–H groups in total. The van der Waals surface area contributed by atoms with E-state index in [9.17, 15) is 14.4 Å². The fraction of sp³-hybridized carbons (Fsp3) is 0.591. The van der Waals surface area contributed by atoms with Crippen molar-refractivity contribution in [1.29, 1.82) is 0 Å². The quantitative estimate of drug-likeness (QED) is 0.712. The van der Waals surface area contributed by atoms with Gasteiger partial charge < -0.3 is 15.4 Å². The lowest BCUT2D eigenvalue weighted by Gasteiger charge is -2.26. The van der Waals surface area contributed by atoms with Gasteiger partial charge in [0.25, 0.3) is 5.91 Å². The highest BCUT2D eigenvalue weighted by molar-refractivity contribution is 6.14. The first-order chi connectivity index (χ1) is 13.7. The van der Waals surface area contributed by atoms with Crippen LogP contribution in [-0.4, -0.2) is 48.9 Å². The molecule has 7 nitrogen and oxygen atoms in total. The molecule has 3 aliphatic rings. The van der Waals surface area contributed by atoms with Gasteiger partial charge in [0.2, 0.25) is 17.4 Å². The van der Waals surface area contributed by atoms with Crippen LogP contribution in [0.4, 0.5) is 5.69 Å². The number of aryl methyl sites for hydroxylation is 1. The maximum Gasteiger partial charge on any atom is 0.291 e. The van der Waals surface area contributed by atoms with E-state index in [0.29, 0.717) is 12.5 Å². The number of anilines is 1. The molecule has 3 amide bonds. The first-order valence-corrected chi connectivity index (χ1v) is 10.4. The molecule has 156 valence electrons. The van der Waals surface area contributed by atoms with Gasteiger partial charge in [0, 0.05) is 19.1 Å². The zero-order valence-corrected chi connectivity index (χ0v) is 17.7. The van der Waals surface area contributed by atoms with Crippen LogP contribution in [0.25, 0.3) is 0 Å². The number of likely N-dealkylation sites (tertiary alicyclic amines) is 1. The van der Waals surface area contributed by atoms with Crippen LogP contribution in [0.2, 0.25) is 0 Å². The molecule has 3 heterocycles. The summed E-state index contributed by atoms with van der Waals surface area (Å²) >= 11 is 0. The van der Waals surface area contributed by atoms with Crippen molar-refractivity contribution in [3.8, 4) is 0 Å². The lowest BCUT2D eigenvalue weighted by molar-refractivity contribution is -0.734. The van der Waals surface area contributed by atoms with Gasteiger partial charge in [0.05, 0.1) is 18.8 Å². The summed E-state index contributed by atoms with van der Waals surface area (Å²) in [7, 11) is 1.55. The van der Waals surface area contributed by atoms with Crippen molar-refractivity contribution < 1.29 is 24.4 Å². The minimum absolute atomic E-state index is 0.109. The van der Waals surface area contributed by atoms with E-state index in [1.807, 2.05) is 31.3 Å². The van der Waals surface area contributed by atoms with Gasteiger partial charge in [-0.3, -0.25) is 19.3 Å². The van der Waals surface area contributed by atoms with E-state index < -0.39 is 17.4 Å². The Morgan fingerprint density at radius 1 is 1.21 bits per heavy atom. The third-order valence-corrected chi connectivity index (χ3v) is 6.93. The summed E-state index contributed by atoms with van der Waals surface area (Å²) < 4.78 is 5.10. The Bertz CT molecular complexity index is 896. The molecule has 0 radical (unpaired) electrons. The highest BCUT2D eigenvalue weighted by atomic mass is 16.5. The summed E-state index contributed by atoms with van der Waals surface area (Å²) in [4.78, 5) is 41.5. The second-order valence-corrected chi connectivity index (χ2v) is 9.04. The van der Waals surface area contributed by atoms with Crippen LogP contribution in [0.1, 0.15) is 37.0 Å². The van der Waals surface area contributed by atoms with Crippen LogP contribution in [0.15, 0.2) is 12.1 Å². The molecule has 1 aromatic rings. The normalized spacial score (nSPS) is 30.5. The second kappa shape index (κ2) is 6.92. The van der Waals surface area contributed by atoms with Crippen LogP contribution in [-0.2, 0) is 24.7 Å². The largest absolute Gasteiger partial charge is 0.383 e. The van der Waals surface area contributed by atoms with Crippen molar-refractivity contribution in [3.05, 3.63) is 28.8 Å². The summed E-state index contributed by atoms with van der Waals surface area (Å²) in [5, 5.41) is 5.06. The molecule has 1 aromatic carbocycles. The number of rotatable bonds is 5. The fourth-order valence-corrected chi connectivity index (χ4v) is 5.50. The van der Waals surface area contributed by atoms with Crippen LogP contribution < -0.4 is 10.6 Å². The van der Waals surface area contributed by atoms with Gasteiger partial charge in [-0.25, -0.2) is 0 Å². The zero-order valence-electron chi connectivity index (χ0n) is 17.7. The van der Waals surface area contributed by atoms with Gasteiger partial charge in [0.1, 0.15) is 17.9 Å². The number of hydrogen-bond donors (Lipinski definition) is 2. The average molecular weight is 400 g/mol. The number of methoxy groups -OCH3 is 1. The molecule has 4 rings (SSSR count). The highest BCUT2D eigenvalue weighted by Gasteiger charge is 2.74. The van der Waals surface area contributed by atoms with Crippen molar-refractivity contribution in [3.63, 3.8) is 0 Å². The Kier molecular flexibility index (Phi) is 4.78. The molecule has 0 aromatic heterocycles. The Morgan fingerprint density at radius 2 is 1.93 bits per heavy atom. The summed E-state index contributed by atoms with van der Waals surface area (Å²) in [6.07, 6.45) is 0.771. The molecule has 0 aliphatic carbocycles. The number of hydrogen-bond acceptors (Lipinski definition) is 4. The van der Waals surface area contributed by atoms with Crippen LogP contribution in [0.3, 0.4) is 0 Å². The van der Waals surface area contributed by atoms with Gasteiger partial charge >= 0.3 is 0 Å². The number of carbonyl (C=O) groups is 3. The van der Waals surface area contributed by atoms with E-state index >= 15 is 0 Å². The molecule has 7 heteroatoms. The molecule has 29 heavy (non-hydrogen) atoms. The van der Waals surface area contributed by atoms with Gasteiger partial charge in [0.15, 0.2) is 0 Å². The first-order valence-electron chi connectivity index (χ1n) is 10.4. The molecule has 3 aliphatic heterocycles. The summed E-state index contributed by atoms with van der Waals surface area (Å²) in [5.41, 5.74) is 2.65. The number of fused-ring (bicyclic) bond motifs is 4. The maximum absolute atomic E-state index is 13.5. The van der Waals surface area contributed by atoms with Crippen LogP contribution in [0, 0.1) is 31.6 Å². The molecule has 4 atom stereocenters.